The van der Waals surface area contributed by atoms with Crippen LogP contribution in [0.15, 0.2) is 36.4 Å². The van der Waals surface area contributed by atoms with Crippen LogP contribution in [0, 0.1) is 17.0 Å². The Bertz CT molecular complexity index is 944. The number of nitro groups is 1. The van der Waals surface area contributed by atoms with Gasteiger partial charge in [0.15, 0.2) is 11.5 Å². The highest BCUT2D eigenvalue weighted by molar-refractivity contribution is 5.99. The molecule has 0 aliphatic heterocycles. The number of nitro benzene ring substituents is 1. The molecule has 0 atom stereocenters. The molecule has 30 heavy (non-hydrogen) atoms. The van der Waals surface area contributed by atoms with Crippen LogP contribution in [0.1, 0.15) is 29.8 Å². The van der Waals surface area contributed by atoms with Crippen molar-refractivity contribution in [2.75, 3.05) is 32.1 Å². The lowest BCUT2D eigenvalue weighted by molar-refractivity contribution is -0.385. The molecule has 2 amide bonds. The Balaban J connectivity index is 2.07. The first kappa shape index (κ1) is 22.7. The van der Waals surface area contributed by atoms with E-state index < -0.39 is 16.7 Å². The van der Waals surface area contributed by atoms with Crippen LogP contribution in [-0.4, -0.2) is 48.4 Å². The summed E-state index contributed by atoms with van der Waals surface area (Å²) in [7, 11) is 1.46. The van der Waals surface area contributed by atoms with E-state index in [4.69, 9.17) is 9.47 Å². The second kappa shape index (κ2) is 10.2. The van der Waals surface area contributed by atoms with Gasteiger partial charge in [0.1, 0.15) is 0 Å². The minimum absolute atomic E-state index is 0.141. The first-order valence-corrected chi connectivity index (χ1v) is 9.46. The molecule has 0 aromatic heterocycles. The number of carbonyl (C=O) groups excluding carboxylic acids is 2. The van der Waals surface area contributed by atoms with E-state index in [1.54, 1.807) is 25.1 Å². The lowest BCUT2D eigenvalue weighted by Crippen LogP contribution is -2.35. The number of hydrogen-bond acceptors (Lipinski definition) is 6. The number of likely N-dealkylation sites (N-methyl/N-ethyl adjacent to an activating group) is 1. The zero-order valence-corrected chi connectivity index (χ0v) is 17.4. The summed E-state index contributed by atoms with van der Waals surface area (Å²) in [4.78, 5) is 36.7. The molecule has 160 valence electrons. The number of benzene rings is 2. The second-order valence-corrected chi connectivity index (χ2v) is 6.50. The average molecular weight is 415 g/mol. The minimum atomic E-state index is -0.541. The van der Waals surface area contributed by atoms with E-state index in [1.807, 2.05) is 13.8 Å². The molecule has 0 aliphatic rings. The summed E-state index contributed by atoms with van der Waals surface area (Å²) >= 11 is 0. The molecule has 0 unspecified atom stereocenters. The van der Waals surface area contributed by atoms with Gasteiger partial charge in [-0.15, -0.1) is 0 Å². The molecule has 9 heteroatoms. The van der Waals surface area contributed by atoms with Crippen molar-refractivity contribution in [1.82, 2.24) is 4.90 Å². The van der Waals surface area contributed by atoms with E-state index in [2.05, 4.69) is 5.32 Å². The summed E-state index contributed by atoms with van der Waals surface area (Å²) in [6.45, 7) is 6.00. The van der Waals surface area contributed by atoms with E-state index in [1.165, 1.54) is 30.1 Å². The van der Waals surface area contributed by atoms with E-state index in [-0.39, 0.29) is 17.8 Å². The summed E-state index contributed by atoms with van der Waals surface area (Å²) < 4.78 is 11.0. The number of carbonyl (C=O) groups is 2. The Kier molecular flexibility index (Phi) is 7.74. The molecular weight excluding hydrogens is 390 g/mol. The highest BCUT2D eigenvalue weighted by Gasteiger charge is 2.19. The smallest absolute Gasteiger partial charge is 0.273 e. The van der Waals surface area contributed by atoms with Crippen molar-refractivity contribution in [1.29, 1.82) is 0 Å². The minimum Gasteiger partial charge on any atom is -0.490 e. The van der Waals surface area contributed by atoms with E-state index >= 15 is 0 Å². The Morgan fingerprint density at radius 2 is 1.73 bits per heavy atom. The third-order valence-electron chi connectivity index (χ3n) is 4.21. The maximum Gasteiger partial charge on any atom is 0.273 e. The van der Waals surface area contributed by atoms with Crippen LogP contribution in [0.5, 0.6) is 11.5 Å². The maximum atomic E-state index is 12.6. The van der Waals surface area contributed by atoms with Gasteiger partial charge in [0, 0.05) is 36.0 Å². The fraction of sp³-hybridized carbons (Fsp3) is 0.333. The summed E-state index contributed by atoms with van der Waals surface area (Å²) in [5, 5.41) is 13.8. The number of ether oxygens (including phenoxy) is 2. The number of nitrogens with one attached hydrogen (secondary N) is 1. The fourth-order valence-electron chi connectivity index (χ4n) is 2.78. The van der Waals surface area contributed by atoms with Crippen molar-refractivity contribution in [2.24, 2.45) is 0 Å². The summed E-state index contributed by atoms with van der Waals surface area (Å²) in [5.74, 6) is 0.174. The van der Waals surface area contributed by atoms with E-state index in [0.717, 1.165) is 0 Å². The average Bonchev–Trinajstić information content (AvgIpc) is 2.69. The van der Waals surface area contributed by atoms with Crippen LogP contribution in [0.2, 0.25) is 0 Å². The molecule has 2 aromatic carbocycles. The topological polar surface area (TPSA) is 111 Å². The van der Waals surface area contributed by atoms with Gasteiger partial charge in [0.25, 0.3) is 11.6 Å². The van der Waals surface area contributed by atoms with Gasteiger partial charge in [-0.1, -0.05) is 6.07 Å². The molecule has 0 saturated heterocycles. The highest BCUT2D eigenvalue weighted by atomic mass is 16.6. The van der Waals surface area contributed by atoms with Gasteiger partial charge >= 0.3 is 0 Å². The molecule has 0 spiro atoms. The SMILES string of the molecule is CCOc1ccc(NC(=O)CN(C)C(=O)c2ccc(C)c([N+](=O)[O-])c2)cc1OCC. The zero-order chi connectivity index (χ0) is 22.3. The first-order chi connectivity index (χ1) is 14.3. The van der Waals surface area contributed by atoms with Gasteiger partial charge in [-0.05, 0) is 39.0 Å². The largest absolute Gasteiger partial charge is 0.490 e. The van der Waals surface area contributed by atoms with Crippen molar-refractivity contribution in [3.8, 4) is 11.5 Å². The Morgan fingerprint density at radius 3 is 2.37 bits per heavy atom. The summed E-state index contributed by atoms with van der Waals surface area (Å²) in [5.41, 5.74) is 0.954. The first-order valence-electron chi connectivity index (χ1n) is 9.46. The normalized spacial score (nSPS) is 10.3. The number of rotatable bonds is 9. The summed E-state index contributed by atoms with van der Waals surface area (Å²) in [6.07, 6.45) is 0. The van der Waals surface area contributed by atoms with Crippen molar-refractivity contribution in [3.05, 3.63) is 57.6 Å². The fourth-order valence-corrected chi connectivity index (χ4v) is 2.78. The van der Waals surface area contributed by atoms with Gasteiger partial charge in [-0.2, -0.15) is 0 Å². The molecule has 0 bridgehead atoms. The second-order valence-electron chi connectivity index (χ2n) is 6.50. The molecule has 9 nitrogen and oxygen atoms in total. The van der Waals surface area contributed by atoms with Gasteiger partial charge in [0.05, 0.1) is 24.7 Å². The van der Waals surface area contributed by atoms with Crippen LogP contribution in [0.3, 0.4) is 0 Å². The molecule has 2 aromatic rings. The number of aryl methyl sites for hydroxylation is 1. The monoisotopic (exact) mass is 415 g/mol. The number of hydrogen-bond donors (Lipinski definition) is 1. The van der Waals surface area contributed by atoms with Crippen LogP contribution < -0.4 is 14.8 Å². The number of nitrogens with zero attached hydrogens (tertiary/aromatic N) is 2. The maximum absolute atomic E-state index is 12.6. The molecule has 0 aliphatic carbocycles. The van der Waals surface area contributed by atoms with Crippen molar-refractivity contribution < 1.29 is 24.0 Å². The van der Waals surface area contributed by atoms with Crippen molar-refractivity contribution >= 4 is 23.2 Å². The van der Waals surface area contributed by atoms with E-state index in [9.17, 15) is 19.7 Å². The predicted octanol–water partition coefficient (Wildman–Crippen LogP) is 3.41. The Morgan fingerprint density at radius 1 is 1.07 bits per heavy atom. The van der Waals surface area contributed by atoms with Crippen LogP contribution in [0.25, 0.3) is 0 Å². The molecule has 0 heterocycles. The van der Waals surface area contributed by atoms with Crippen molar-refractivity contribution in [2.45, 2.75) is 20.8 Å². The van der Waals surface area contributed by atoms with Gasteiger partial charge < -0.3 is 19.7 Å². The highest BCUT2D eigenvalue weighted by Crippen LogP contribution is 2.30. The quantitative estimate of drug-likeness (QED) is 0.496. The van der Waals surface area contributed by atoms with Gasteiger partial charge in [-0.25, -0.2) is 0 Å². The summed E-state index contributed by atoms with van der Waals surface area (Å²) in [6, 6.07) is 9.25. The molecule has 2 rings (SSSR count). The third kappa shape index (κ3) is 5.69. The van der Waals surface area contributed by atoms with Crippen LogP contribution in [-0.2, 0) is 4.79 Å². The molecule has 0 radical (unpaired) electrons. The van der Waals surface area contributed by atoms with Crippen LogP contribution in [0.4, 0.5) is 11.4 Å². The van der Waals surface area contributed by atoms with E-state index in [0.29, 0.717) is 36.0 Å². The Labute approximate surface area is 174 Å². The molecule has 0 fully saturated rings. The van der Waals surface area contributed by atoms with Crippen LogP contribution >= 0.6 is 0 Å². The lowest BCUT2D eigenvalue weighted by atomic mass is 10.1. The Hall–Kier alpha value is -3.62. The number of amides is 2. The lowest BCUT2D eigenvalue weighted by Gasteiger charge is -2.18. The zero-order valence-electron chi connectivity index (χ0n) is 17.4. The standard InChI is InChI=1S/C21H25N3O6/c1-5-29-18-10-9-16(12-19(18)30-6-2)22-20(25)13-23(4)21(26)15-8-7-14(3)17(11-15)24(27)28/h7-12H,5-6,13H2,1-4H3,(H,22,25). The molecule has 0 saturated carbocycles. The third-order valence-corrected chi connectivity index (χ3v) is 4.21. The number of anilines is 1. The van der Waals surface area contributed by atoms with Gasteiger partial charge in [0.2, 0.25) is 5.91 Å². The van der Waals surface area contributed by atoms with Crippen molar-refractivity contribution in [3.63, 3.8) is 0 Å². The predicted molar refractivity (Wildman–Crippen MR) is 112 cm³/mol. The molecule has 1 N–H and O–H groups in total. The molecular formula is C21H25N3O6. The van der Waals surface area contributed by atoms with Gasteiger partial charge in [-0.3, -0.25) is 19.7 Å².